The second kappa shape index (κ2) is 8.45. The van der Waals surface area contributed by atoms with E-state index in [-0.39, 0.29) is 17.1 Å². The zero-order chi connectivity index (χ0) is 21.9. The molecule has 0 aliphatic rings. The van der Waals surface area contributed by atoms with Crippen molar-refractivity contribution in [2.24, 2.45) is 11.5 Å². The minimum atomic E-state index is -2.22. The van der Waals surface area contributed by atoms with Crippen LogP contribution in [-0.4, -0.2) is 17.2 Å². The molecule has 0 radical (unpaired) electrons. The monoisotopic (exact) mass is 412 g/mol. The molecule has 29 heavy (non-hydrogen) atoms. The van der Waals surface area contributed by atoms with E-state index in [0.29, 0.717) is 16.8 Å². The van der Waals surface area contributed by atoms with Crippen LogP contribution < -0.4 is 39.7 Å². The summed E-state index contributed by atoms with van der Waals surface area (Å²) in [5.74, 6) is -1.54. The van der Waals surface area contributed by atoms with E-state index in [1.165, 1.54) is 24.3 Å². The first-order valence-corrected chi connectivity index (χ1v) is 9.14. The van der Waals surface area contributed by atoms with Crippen LogP contribution in [-0.2, 0) is 9.59 Å². The lowest BCUT2D eigenvalue weighted by molar-refractivity contribution is -0.128. The van der Waals surface area contributed by atoms with Crippen molar-refractivity contribution in [3.05, 3.63) is 53.1 Å². The summed E-state index contributed by atoms with van der Waals surface area (Å²) in [5.41, 5.74) is 35.9. The molecule has 1 atom stereocenters. The van der Waals surface area contributed by atoms with E-state index in [1.807, 2.05) is 13.0 Å². The van der Waals surface area contributed by atoms with Gasteiger partial charge in [0.15, 0.2) is 17.2 Å². The fourth-order valence-electron chi connectivity index (χ4n) is 2.51. The van der Waals surface area contributed by atoms with Gasteiger partial charge in [0.25, 0.3) is 0 Å². The number of ketones is 2. The summed E-state index contributed by atoms with van der Waals surface area (Å²) < 4.78 is 0. The molecule has 0 saturated carbocycles. The quantitative estimate of drug-likeness (QED) is 0.128. The molecule has 2 aromatic rings. The standard InChI is InChI=1S/C20H25N6O2P/c1-10-6-11(9-15(23)19(10)29)2-4-16(27)20(25,26)17(28)5-3-12-7-13(21)18(24)14(22)8-12/h2-9H,21-26,29H2,1H3/b4-2+,5-3+. The predicted molar refractivity (Wildman–Crippen MR) is 124 cm³/mol. The van der Waals surface area contributed by atoms with E-state index >= 15 is 0 Å². The Balaban J connectivity index is 2.18. The van der Waals surface area contributed by atoms with Gasteiger partial charge in [-0.15, -0.1) is 9.24 Å². The molecule has 0 saturated heterocycles. The smallest absolute Gasteiger partial charge is 0.198 e. The number of carbonyl (C=O) groups excluding carboxylic acids is 2. The van der Waals surface area contributed by atoms with Crippen LogP contribution in [0, 0.1) is 6.92 Å². The van der Waals surface area contributed by atoms with Crippen LogP contribution >= 0.6 is 9.24 Å². The molecular weight excluding hydrogens is 387 g/mol. The molecular formula is C20H25N6O2P. The van der Waals surface area contributed by atoms with Gasteiger partial charge in [0.05, 0.1) is 17.1 Å². The van der Waals surface area contributed by atoms with Crippen LogP contribution in [0.3, 0.4) is 0 Å². The summed E-state index contributed by atoms with van der Waals surface area (Å²) in [6.45, 7) is 1.89. The number of hydrogen-bond acceptors (Lipinski definition) is 8. The number of carbonyl (C=O) groups is 2. The molecule has 0 spiro atoms. The maximum absolute atomic E-state index is 12.4. The summed E-state index contributed by atoms with van der Waals surface area (Å²) in [4.78, 5) is 24.8. The first-order chi connectivity index (χ1) is 13.4. The topological polar surface area (TPSA) is 190 Å². The Hall–Kier alpha value is -3.19. The van der Waals surface area contributed by atoms with Gasteiger partial charge < -0.3 is 34.4 Å². The molecule has 0 fully saturated rings. The predicted octanol–water partition coefficient (Wildman–Crippen LogP) is 0.303. The SMILES string of the molecule is Cc1cc(/C=C/C(=O)C(N)(N)C(=O)/C=C/c2cc(N)c(N)c(N)c2)cc(N)c1P. The zero-order valence-corrected chi connectivity index (χ0v) is 17.1. The lowest BCUT2D eigenvalue weighted by Crippen LogP contribution is -2.61. The molecule has 2 aromatic carbocycles. The van der Waals surface area contributed by atoms with Crippen molar-refractivity contribution in [2.45, 2.75) is 12.6 Å². The Morgan fingerprint density at radius 2 is 1.24 bits per heavy atom. The Morgan fingerprint density at radius 3 is 1.69 bits per heavy atom. The van der Waals surface area contributed by atoms with E-state index in [0.717, 1.165) is 23.0 Å². The van der Waals surface area contributed by atoms with Crippen molar-refractivity contribution in [1.29, 1.82) is 0 Å². The molecule has 1 unspecified atom stereocenters. The minimum absolute atomic E-state index is 0.256. The second-order valence-corrected chi connectivity index (χ2v) is 7.30. The zero-order valence-electron chi connectivity index (χ0n) is 16.0. The largest absolute Gasteiger partial charge is 0.398 e. The Bertz CT molecular complexity index is 916. The van der Waals surface area contributed by atoms with Gasteiger partial charge >= 0.3 is 0 Å². The number of rotatable bonds is 6. The number of anilines is 4. The van der Waals surface area contributed by atoms with Gasteiger partial charge in [-0.1, -0.05) is 18.2 Å². The molecule has 9 heteroatoms. The Kier molecular flexibility index (Phi) is 6.44. The van der Waals surface area contributed by atoms with Gasteiger partial charge in [-0.3, -0.25) is 9.59 Å². The number of nitrogen functional groups attached to an aromatic ring is 4. The average molecular weight is 412 g/mol. The average Bonchev–Trinajstić information content (AvgIpc) is 2.65. The maximum atomic E-state index is 12.4. The molecule has 0 amide bonds. The molecule has 152 valence electrons. The van der Waals surface area contributed by atoms with Crippen LogP contribution in [0.2, 0.25) is 0 Å². The van der Waals surface area contributed by atoms with E-state index in [4.69, 9.17) is 34.4 Å². The summed E-state index contributed by atoms with van der Waals surface area (Å²) in [6, 6.07) is 6.61. The van der Waals surface area contributed by atoms with Crippen molar-refractivity contribution in [2.75, 3.05) is 22.9 Å². The van der Waals surface area contributed by atoms with Gasteiger partial charge in [-0.25, -0.2) is 0 Å². The Labute approximate surface area is 171 Å². The van der Waals surface area contributed by atoms with Gasteiger partial charge in [0, 0.05) is 5.69 Å². The second-order valence-electron chi connectivity index (χ2n) is 6.72. The summed E-state index contributed by atoms with van der Waals surface area (Å²) in [5, 5.41) is 0.879. The third-order valence-electron chi connectivity index (χ3n) is 4.38. The lowest BCUT2D eigenvalue weighted by atomic mass is 9.98. The Morgan fingerprint density at radius 1 is 0.828 bits per heavy atom. The van der Waals surface area contributed by atoms with Crippen LogP contribution in [0.25, 0.3) is 12.2 Å². The number of hydrogen-bond donors (Lipinski definition) is 6. The van der Waals surface area contributed by atoms with Crippen molar-refractivity contribution < 1.29 is 9.59 Å². The highest BCUT2D eigenvalue weighted by Crippen LogP contribution is 2.25. The summed E-state index contributed by atoms with van der Waals surface area (Å²) >= 11 is 0. The van der Waals surface area contributed by atoms with Gasteiger partial charge in [0.2, 0.25) is 0 Å². The molecule has 8 nitrogen and oxygen atoms in total. The van der Waals surface area contributed by atoms with Crippen molar-refractivity contribution in [1.82, 2.24) is 0 Å². The molecule has 0 heterocycles. The van der Waals surface area contributed by atoms with Crippen LogP contribution in [0.4, 0.5) is 22.7 Å². The molecule has 12 N–H and O–H groups in total. The van der Waals surface area contributed by atoms with Crippen molar-refractivity contribution >= 4 is 61.0 Å². The number of benzene rings is 2. The number of aryl methyl sites for hydroxylation is 1. The molecule has 2 rings (SSSR count). The third kappa shape index (κ3) is 5.00. The van der Waals surface area contributed by atoms with Gasteiger partial charge in [-0.2, -0.15) is 0 Å². The van der Waals surface area contributed by atoms with Crippen LogP contribution in [0.1, 0.15) is 16.7 Å². The third-order valence-corrected chi connectivity index (χ3v) is 5.17. The minimum Gasteiger partial charge on any atom is -0.398 e. The van der Waals surface area contributed by atoms with E-state index in [9.17, 15) is 9.59 Å². The summed E-state index contributed by atoms with van der Waals surface area (Å²) in [6.07, 6.45) is 5.16. The van der Waals surface area contributed by atoms with E-state index in [1.54, 1.807) is 6.07 Å². The summed E-state index contributed by atoms with van der Waals surface area (Å²) in [7, 11) is 2.55. The fraction of sp³-hybridized carbons (Fsp3) is 0.100. The number of nitrogens with two attached hydrogens (primary N) is 6. The van der Waals surface area contributed by atoms with Crippen molar-refractivity contribution in [3.63, 3.8) is 0 Å². The normalized spacial score (nSPS) is 12.0. The fourth-order valence-corrected chi connectivity index (χ4v) is 2.68. The molecule has 0 aliphatic carbocycles. The first-order valence-electron chi connectivity index (χ1n) is 8.56. The molecule has 0 aliphatic heterocycles. The highest BCUT2D eigenvalue weighted by atomic mass is 31.0. The van der Waals surface area contributed by atoms with E-state index in [2.05, 4.69) is 9.24 Å². The van der Waals surface area contributed by atoms with Gasteiger partial charge in [-0.05, 0) is 59.3 Å². The van der Waals surface area contributed by atoms with Crippen molar-refractivity contribution in [3.8, 4) is 0 Å². The molecule has 0 bridgehead atoms. The van der Waals surface area contributed by atoms with E-state index < -0.39 is 17.2 Å². The highest BCUT2D eigenvalue weighted by Gasteiger charge is 2.34. The lowest BCUT2D eigenvalue weighted by Gasteiger charge is -2.17. The maximum Gasteiger partial charge on any atom is 0.198 e. The van der Waals surface area contributed by atoms with Gasteiger partial charge in [0.1, 0.15) is 0 Å². The first kappa shape index (κ1) is 22.1. The molecule has 0 aromatic heterocycles. The van der Waals surface area contributed by atoms with Crippen LogP contribution in [0.15, 0.2) is 36.4 Å². The highest BCUT2D eigenvalue weighted by molar-refractivity contribution is 7.28. The van der Waals surface area contributed by atoms with Crippen LogP contribution in [0.5, 0.6) is 0 Å².